The van der Waals surface area contributed by atoms with Crippen LogP contribution in [0.1, 0.15) is 34.1 Å². The summed E-state index contributed by atoms with van der Waals surface area (Å²) in [6.45, 7) is 8.87. The molecule has 0 aliphatic carbocycles. The van der Waals surface area contributed by atoms with Gasteiger partial charge in [0.1, 0.15) is 6.04 Å². The molecule has 0 aromatic rings. The number of rotatable bonds is 7. The van der Waals surface area contributed by atoms with Crippen molar-refractivity contribution < 1.29 is 9.59 Å². The van der Waals surface area contributed by atoms with Crippen LogP contribution >= 0.6 is 0 Å². The van der Waals surface area contributed by atoms with Crippen molar-refractivity contribution in [2.75, 3.05) is 13.1 Å². The number of carbonyl (C=O) groups excluding carboxylic acids is 2. The first-order chi connectivity index (χ1) is 7.51. The Morgan fingerprint density at radius 1 is 1.12 bits per heavy atom. The number of nitrogens with one attached hydrogen (secondary N) is 3. The fraction of sp³-hybridized carbons (Fsp3) is 0.818. The fourth-order valence-corrected chi connectivity index (χ4v) is 1.39. The van der Waals surface area contributed by atoms with Gasteiger partial charge in [-0.15, -0.1) is 0 Å². The van der Waals surface area contributed by atoms with Crippen molar-refractivity contribution in [1.82, 2.24) is 16.0 Å². The monoisotopic (exact) mass is 229 g/mol. The molecule has 5 heteroatoms. The molecule has 94 valence electrons. The number of likely N-dealkylation sites (N-methyl/N-ethyl adjacent to an activating group) is 1. The van der Waals surface area contributed by atoms with Gasteiger partial charge in [-0.3, -0.25) is 9.59 Å². The highest BCUT2D eigenvalue weighted by Gasteiger charge is 2.15. The van der Waals surface area contributed by atoms with Gasteiger partial charge in [-0.05, 0) is 27.3 Å². The Kier molecular flexibility index (Phi) is 7.54. The maximum absolute atomic E-state index is 11.5. The molecule has 5 nitrogen and oxygen atoms in total. The Morgan fingerprint density at radius 3 is 2.25 bits per heavy atom. The molecule has 2 atom stereocenters. The summed E-state index contributed by atoms with van der Waals surface area (Å²) in [5.41, 5.74) is 0. The third-order valence-electron chi connectivity index (χ3n) is 2.17. The van der Waals surface area contributed by atoms with Crippen molar-refractivity contribution in [2.45, 2.75) is 46.2 Å². The minimum atomic E-state index is -0.471. The van der Waals surface area contributed by atoms with E-state index in [4.69, 9.17) is 0 Å². The van der Waals surface area contributed by atoms with Crippen LogP contribution in [-0.4, -0.2) is 37.0 Å². The van der Waals surface area contributed by atoms with Gasteiger partial charge in [0.25, 0.3) is 0 Å². The second-order valence-corrected chi connectivity index (χ2v) is 3.85. The molecule has 0 bridgehead atoms. The lowest BCUT2D eigenvalue weighted by molar-refractivity contribution is -0.128. The third-order valence-corrected chi connectivity index (χ3v) is 2.17. The zero-order valence-electron chi connectivity index (χ0n) is 10.6. The first-order valence-corrected chi connectivity index (χ1v) is 5.81. The van der Waals surface area contributed by atoms with E-state index in [1.54, 1.807) is 6.92 Å². The van der Waals surface area contributed by atoms with Crippen LogP contribution in [0.25, 0.3) is 0 Å². The summed E-state index contributed by atoms with van der Waals surface area (Å²) in [6, 6.07) is -0.340. The molecule has 0 heterocycles. The van der Waals surface area contributed by atoms with E-state index >= 15 is 0 Å². The first kappa shape index (κ1) is 14.9. The zero-order chi connectivity index (χ0) is 12.6. The van der Waals surface area contributed by atoms with E-state index in [1.807, 2.05) is 20.8 Å². The molecule has 2 unspecified atom stereocenters. The summed E-state index contributed by atoms with van der Waals surface area (Å²) in [7, 11) is 0. The van der Waals surface area contributed by atoms with Crippen LogP contribution in [0.5, 0.6) is 0 Å². The van der Waals surface area contributed by atoms with Gasteiger partial charge in [0.05, 0.1) is 0 Å². The van der Waals surface area contributed by atoms with Gasteiger partial charge in [-0.1, -0.05) is 6.92 Å². The van der Waals surface area contributed by atoms with Gasteiger partial charge in [0.2, 0.25) is 11.8 Å². The fourth-order valence-electron chi connectivity index (χ4n) is 1.39. The highest BCUT2D eigenvalue weighted by atomic mass is 16.2. The van der Waals surface area contributed by atoms with Crippen LogP contribution in [0.3, 0.4) is 0 Å². The molecule has 16 heavy (non-hydrogen) atoms. The number of amides is 2. The van der Waals surface area contributed by atoms with Crippen LogP contribution in [0.4, 0.5) is 0 Å². The SMILES string of the molecule is CCNC(=O)C(C)NC(=O)CC(C)NCC. The molecular formula is C11H23N3O2. The number of hydrogen-bond acceptors (Lipinski definition) is 3. The zero-order valence-corrected chi connectivity index (χ0v) is 10.6. The largest absolute Gasteiger partial charge is 0.355 e. The van der Waals surface area contributed by atoms with E-state index in [2.05, 4.69) is 16.0 Å². The van der Waals surface area contributed by atoms with Crippen molar-refractivity contribution in [3.63, 3.8) is 0 Å². The Hall–Kier alpha value is -1.10. The van der Waals surface area contributed by atoms with Gasteiger partial charge in [0.15, 0.2) is 0 Å². The van der Waals surface area contributed by atoms with Gasteiger partial charge < -0.3 is 16.0 Å². The van der Waals surface area contributed by atoms with Gasteiger partial charge >= 0.3 is 0 Å². The lowest BCUT2D eigenvalue weighted by atomic mass is 10.2. The molecule has 0 saturated heterocycles. The van der Waals surface area contributed by atoms with Crippen molar-refractivity contribution in [3.05, 3.63) is 0 Å². The molecule has 0 spiro atoms. The smallest absolute Gasteiger partial charge is 0.242 e. The molecule has 0 aromatic heterocycles. The molecule has 0 radical (unpaired) electrons. The van der Waals surface area contributed by atoms with E-state index in [9.17, 15) is 9.59 Å². The Balaban J connectivity index is 3.90. The first-order valence-electron chi connectivity index (χ1n) is 5.81. The van der Waals surface area contributed by atoms with Crippen LogP contribution in [-0.2, 0) is 9.59 Å². The van der Waals surface area contributed by atoms with Crippen LogP contribution in [0.15, 0.2) is 0 Å². The maximum Gasteiger partial charge on any atom is 0.242 e. The van der Waals surface area contributed by atoms with E-state index in [-0.39, 0.29) is 17.9 Å². The summed E-state index contributed by atoms with van der Waals surface area (Å²) in [4.78, 5) is 22.9. The topological polar surface area (TPSA) is 70.2 Å². The maximum atomic E-state index is 11.5. The Morgan fingerprint density at radius 2 is 1.75 bits per heavy atom. The lowest BCUT2D eigenvalue weighted by Gasteiger charge is -2.16. The molecule has 0 aliphatic rings. The van der Waals surface area contributed by atoms with Crippen molar-refractivity contribution in [3.8, 4) is 0 Å². The minimum Gasteiger partial charge on any atom is -0.355 e. The predicted octanol–water partition coefficient (Wildman–Crippen LogP) is 0.0153. The quantitative estimate of drug-likeness (QED) is 0.576. The number of carbonyl (C=O) groups is 2. The van der Waals surface area contributed by atoms with Gasteiger partial charge in [-0.25, -0.2) is 0 Å². The van der Waals surface area contributed by atoms with Crippen LogP contribution in [0, 0.1) is 0 Å². The number of hydrogen-bond donors (Lipinski definition) is 3. The second-order valence-electron chi connectivity index (χ2n) is 3.85. The summed E-state index contributed by atoms with van der Waals surface area (Å²) in [6.07, 6.45) is 0.386. The second kappa shape index (κ2) is 8.10. The molecule has 0 aliphatic heterocycles. The molecule has 2 amide bonds. The van der Waals surface area contributed by atoms with E-state index in [0.717, 1.165) is 6.54 Å². The highest BCUT2D eigenvalue weighted by Crippen LogP contribution is 1.92. The van der Waals surface area contributed by atoms with Crippen molar-refractivity contribution in [1.29, 1.82) is 0 Å². The standard InChI is InChI=1S/C11H23N3O2/c1-5-12-8(3)7-10(15)14-9(4)11(16)13-6-2/h8-9,12H,5-7H2,1-4H3,(H,13,16)(H,14,15). The Labute approximate surface area is 97.4 Å². The molecular weight excluding hydrogens is 206 g/mol. The summed E-state index contributed by atoms with van der Waals surface area (Å²) in [5.74, 6) is -0.251. The van der Waals surface area contributed by atoms with Crippen LogP contribution < -0.4 is 16.0 Å². The molecule has 0 fully saturated rings. The molecule has 0 aromatic carbocycles. The average Bonchev–Trinajstić information content (AvgIpc) is 2.17. The molecule has 3 N–H and O–H groups in total. The van der Waals surface area contributed by atoms with Gasteiger partial charge in [0, 0.05) is 19.0 Å². The minimum absolute atomic E-state index is 0.104. The normalized spacial score (nSPS) is 14.0. The molecule has 0 rings (SSSR count). The van der Waals surface area contributed by atoms with Gasteiger partial charge in [-0.2, -0.15) is 0 Å². The molecule has 0 saturated carbocycles. The van der Waals surface area contributed by atoms with Crippen LogP contribution in [0.2, 0.25) is 0 Å². The van der Waals surface area contributed by atoms with Crippen molar-refractivity contribution >= 4 is 11.8 Å². The average molecular weight is 229 g/mol. The third kappa shape index (κ3) is 6.40. The Bertz CT molecular complexity index is 231. The van der Waals surface area contributed by atoms with E-state index in [1.165, 1.54) is 0 Å². The highest BCUT2D eigenvalue weighted by molar-refractivity contribution is 5.87. The van der Waals surface area contributed by atoms with E-state index in [0.29, 0.717) is 13.0 Å². The summed E-state index contributed by atoms with van der Waals surface area (Å²) >= 11 is 0. The summed E-state index contributed by atoms with van der Waals surface area (Å²) < 4.78 is 0. The van der Waals surface area contributed by atoms with E-state index < -0.39 is 6.04 Å². The predicted molar refractivity (Wildman–Crippen MR) is 64.0 cm³/mol. The van der Waals surface area contributed by atoms with Crippen molar-refractivity contribution in [2.24, 2.45) is 0 Å². The summed E-state index contributed by atoms with van der Waals surface area (Å²) in [5, 5.41) is 8.47. The lowest BCUT2D eigenvalue weighted by Crippen LogP contribution is -2.46.